The maximum Gasteiger partial charge on any atom is 0.0470 e. The van der Waals surface area contributed by atoms with Gasteiger partial charge in [0.1, 0.15) is 0 Å². The molecule has 102 valence electrons. The average molecular weight is 266 g/mol. The van der Waals surface area contributed by atoms with Crippen molar-refractivity contribution >= 4 is 11.8 Å². The van der Waals surface area contributed by atoms with Crippen LogP contribution in [0.15, 0.2) is 24.3 Å². The number of hydrogen-bond donors (Lipinski definition) is 1. The molecule has 2 unspecified atom stereocenters. The van der Waals surface area contributed by atoms with Crippen LogP contribution < -0.4 is 5.73 Å². The van der Waals surface area contributed by atoms with Gasteiger partial charge in [-0.25, -0.2) is 0 Å². The van der Waals surface area contributed by atoms with Gasteiger partial charge < -0.3 is 5.73 Å². The predicted molar refractivity (Wildman–Crippen MR) is 83.2 cm³/mol. The zero-order chi connectivity index (χ0) is 13.5. The molecule has 0 aliphatic rings. The van der Waals surface area contributed by atoms with E-state index in [0.29, 0.717) is 18.6 Å². The predicted octanol–water partition coefficient (Wildman–Crippen LogP) is 3.07. The Labute approximate surface area is 116 Å². The highest BCUT2D eigenvalue weighted by molar-refractivity contribution is 7.98. The Balaban J connectivity index is 2.76. The molecule has 2 atom stereocenters. The minimum absolute atomic E-state index is 0.321. The number of aryl methyl sites for hydroxylation is 1. The van der Waals surface area contributed by atoms with Crippen molar-refractivity contribution in [1.82, 2.24) is 4.90 Å². The first kappa shape index (κ1) is 15.5. The second kappa shape index (κ2) is 7.82. The summed E-state index contributed by atoms with van der Waals surface area (Å²) >= 11 is 1.91. The molecule has 0 aliphatic heterocycles. The van der Waals surface area contributed by atoms with E-state index in [0.717, 1.165) is 0 Å². The number of hydrogen-bond acceptors (Lipinski definition) is 3. The molecule has 0 spiro atoms. The van der Waals surface area contributed by atoms with Crippen molar-refractivity contribution in [3.63, 3.8) is 0 Å². The van der Waals surface area contributed by atoms with Gasteiger partial charge in [0.15, 0.2) is 0 Å². The van der Waals surface area contributed by atoms with E-state index in [-0.39, 0.29) is 0 Å². The molecule has 0 saturated carbocycles. The SMILES string of the molecule is CSCCC(C)N(C)C(CN)c1cccc(C)c1. The Kier molecular flexibility index (Phi) is 6.76. The van der Waals surface area contributed by atoms with Crippen molar-refractivity contribution in [2.75, 3.05) is 25.6 Å². The number of nitrogens with zero attached hydrogens (tertiary/aromatic N) is 1. The fourth-order valence-electron chi connectivity index (χ4n) is 2.21. The maximum atomic E-state index is 5.98. The van der Waals surface area contributed by atoms with Gasteiger partial charge in [-0.3, -0.25) is 4.90 Å². The van der Waals surface area contributed by atoms with Gasteiger partial charge in [0.05, 0.1) is 0 Å². The number of likely N-dealkylation sites (N-methyl/N-ethyl adjacent to an activating group) is 1. The Hall–Kier alpha value is -0.510. The second-order valence-corrected chi connectivity index (χ2v) is 5.95. The highest BCUT2D eigenvalue weighted by Gasteiger charge is 2.19. The lowest BCUT2D eigenvalue weighted by molar-refractivity contribution is 0.185. The molecule has 0 bridgehead atoms. The largest absolute Gasteiger partial charge is 0.329 e. The summed E-state index contributed by atoms with van der Waals surface area (Å²) in [5, 5.41) is 0. The molecule has 0 saturated heterocycles. The first-order chi connectivity index (χ1) is 8.60. The zero-order valence-corrected chi connectivity index (χ0v) is 12.8. The summed E-state index contributed by atoms with van der Waals surface area (Å²) in [6.45, 7) is 5.09. The molecule has 0 aliphatic carbocycles. The van der Waals surface area contributed by atoms with Gasteiger partial charge in [-0.2, -0.15) is 11.8 Å². The van der Waals surface area contributed by atoms with Gasteiger partial charge in [0.25, 0.3) is 0 Å². The highest BCUT2D eigenvalue weighted by Crippen LogP contribution is 2.22. The van der Waals surface area contributed by atoms with Gasteiger partial charge in [-0.15, -0.1) is 0 Å². The number of benzene rings is 1. The Bertz CT molecular complexity index is 354. The quantitative estimate of drug-likeness (QED) is 0.822. The van der Waals surface area contributed by atoms with E-state index in [1.54, 1.807) is 0 Å². The lowest BCUT2D eigenvalue weighted by Crippen LogP contribution is -2.37. The molecular formula is C15H26N2S. The minimum atomic E-state index is 0.321. The van der Waals surface area contributed by atoms with Crippen LogP contribution in [0.5, 0.6) is 0 Å². The smallest absolute Gasteiger partial charge is 0.0470 e. The van der Waals surface area contributed by atoms with Crippen molar-refractivity contribution in [1.29, 1.82) is 0 Å². The van der Waals surface area contributed by atoms with Gasteiger partial charge in [0.2, 0.25) is 0 Å². The van der Waals surface area contributed by atoms with Gasteiger partial charge in [-0.1, -0.05) is 29.8 Å². The molecule has 0 radical (unpaired) electrons. The molecule has 1 aromatic carbocycles. The number of thioether (sulfide) groups is 1. The minimum Gasteiger partial charge on any atom is -0.329 e. The first-order valence-electron chi connectivity index (χ1n) is 6.57. The van der Waals surface area contributed by atoms with Crippen LogP contribution in [0.25, 0.3) is 0 Å². The van der Waals surface area contributed by atoms with Crippen LogP contribution in [0.2, 0.25) is 0 Å². The Morgan fingerprint density at radius 2 is 2.11 bits per heavy atom. The fourth-order valence-corrected chi connectivity index (χ4v) is 2.79. The third-order valence-electron chi connectivity index (χ3n) is 3.58. The summed E-state index contributed by atoms with van der Waals surface area (Å²) < 4.78 is 0. The third kappa shape index (κ3) is 4.30. The van der Waals surface area contributed by atoms with Crippen LogP contribution in [-0.4, -0.2) is 36.5 Å². The summed E-state index contributed by atoms with van der Waals surface area (Å²) in [5.74, 6) is 1.20. The average Bonchev–Trinajstić information content (AvgIpc) is 2.36. The van der Waals surface area contributed by atoms with E-state index in [1.807, 2.05) is 11.8 Å². The Morgan fingerprint density at radius 1 is 1.39 bits per heavy atom. The van der Waals surface area contributed by atoms with E-state index in [4.69, 9.17) is 5.73 Å². The standard InChI is InChI=1S/C15H26N2S/c1-12-6-5-7-14(10-12)15(11-16)17(3)13(2)8-9-18-4/h5-7,10,13,15H,8-9,11,16H2,1-4H3. The molecule has 2 N–H and O–H groups in total. The van der Waals surface area contributed by atoms with Crippen LogP contribution in [0.4, 0.5) is 0 Å². The normalized spacial score (nSPS) is 14.8. The van der Waals surface area contributed by atoms with Crippen LogP contribution in [0.1, 0.15) is 30.5 Å². The van der Waals surface area contributed by atoms with Crippen LogP contribution in [0, 0.1) is 6.92 Å². The molecule has 1 aromatic rings. The highest BCUT2D eigenvalue weighted by atomic mass is 32.2. The van der Waals surface area contributed by atoms with Crippen molar-refractivity contribution in [2.24, 2.45) is 5.73 Å². The second-order valence-electron chi connectivity index (χ2n) is 4.96. The lowest BCUT2D eigenvalue weighted by Gasteiger charge is -2.33. The summed E-state index contributed by atoms with van der Waals surface area (Å²) in [4.78, 5) is 2.41. The van der Waals surface area contributed by atoms with Crippen LogP contribution in [0.3, 0.4) is 0 Å². The van der Waals surface area contributed by atoms with Gasteiger partial charge in [-0.05, 0) is 44.9 Å². The molecule has 3 heteroatoms. The zero-order valence-electron chi connectivity index (χ0n) is 12.0. The van der Waals surface area contributed by atoms with Gasteiger partial charge >= 0.3 is 0 Å². The summed E-state index contributed by atoms with van der Waals surface area (Å²) in [5.41, 5.74) is 8.61. The molecule has 0 heterocycles. The third-order valence-corrected chi connectivity index (χ3v) is 4.22. The molecule has 0 aromatic heterocycles. The van der Waals surface area contributed by atoms with Crippen molar-refractivity contribution in [2.45, 2.75) is 32.4 Å². The number of rotatable bonds is 7. The Morgan fingerprint density at radius 3 is 2.67 bits per heavy atom. The summed E-state index contributed by atoms with van der Waals surface area (Å²) in [6.07, 6.45) is 3.37. The summed E-state index contributed by atoms with van der Waals surface area (Å²) in [6, 6.07) is 9.56. The van der Waals surface area contributed by atoms with E-state index in [2.05, 4.69) is 56.3 Å². The van der Waals surface area contributed by atoms with Crippen molar-refractivity contribution < 1.29 is 0 Å². The monoisotopic (exact) mass is 266 g/mol. The first-order valence-corrected chi connectivity index (χ1v) is 7.97. The fraction of sp³-hybridized carbons (Fsp3) is 0.600. The summed E-state index contributed by atoms with van der Waals surface area (Å²) in [7, 11) is 2.19. The number of nitrogens with two attached hydrogens (primary N) is 1. The van der Waals surface area contributed by atoms with E-state index < -0.39 is 0 Å². The van der Waals surface area contributed by atoms with Crippen LogP contribution >= 0.6 is 11.8 Å². The van der Waals surface area contributed by atoms with Gasteiger partial charge in [0, 0.05) is 18.6 Å². The van der Waals surface area contributed by atoms with E-state index in [9.17, 15) is 0 Å². The topological polar surface area (TPSA) is 29.3 Å². The molecule has 1 rings (SSSR count). The molecule has 0 amide bonds. The lowest BCUT2D eigenvalue weighted by atomic mass is 10.0. The molecule has 18 heavy (non-hydrogen) atoms. The van der Waals surface area contributed by atoms with Crippen molar-refractivity contribution in [3.05, 3.63) is 35.4 Å². The van der Waals surface area contributed by atoms with E-state index in [1.165, 1.54) is 23.3 Å². The molecule has 0 fully saturated rings. The maximum absolute atomic E-state index is 5.98. The molecular weight excluding hydrogens is 240 g/mol. The molecule has 2 nitrogen and oxygen atoms in total. The van der Waals surface area contributed by atoms with Crippen molar-refractivity contribution in [3.8, 4) is 0 Å². The van der Waals surface area contributed by atoms with Crippen LogP contribution in [-0.2, 0) is 0 Å². The van der Waals surface area contributed by atoms with E-state index >= 15 is 0 Å².